The van der Waals surface area contributed by atoms with E-state index in [-0.39, 0.29) is 18.3 Å². The lowest BCUT2D eigenvalue weighted by Gasteiger charge is -2.33. The summed E-state index contributed by atoms with van der Waals surface area (Å²) in [4.78, 5) is 14.8. The van der Waals surface area contributed by atoms with Gasteiger partial charge in [0.25, 0.3) is 0 Å². The minimum absolute atomic E-state index is 0. The van der Waals surface area contributed by atoms with E-state index in [0.29, 0.717) is 17.9 Å². The molecule has 2 saturated carbocycles. The lowest BCUT2D eigenvalue weighted by molar-refractivity contribution is -0.133. The van der Waals surface area contributed by atoms with Crippen LogP contribution in [0.15, 0.2) is 28.7 Å². The molecule has 3 aliphatic rings. The van der Waals surface area contributed by atoms with Gasteiger partial charge in [0, 0.05) is 29.5 Å². The van der Waals surface area contributed by atoms with Crippen LogP contribution in [0.1, 0.15) is 43.6 Å². The van der Waals surface area contributed by atoms with Gasteiger partial charge in [-0.05, 0) is 68.2 Å². The van der Waals surface area contributed by atoms with Crippen molar-refractivity contribution in [2.45, 2.75) is 44.1 Å². The lowest BCUT2D eigenvalue weighted by Crippen LogP contribution is -2.46. The molecule has 1 N–H and O–H groups in total. The second-order valence-corrected chi connectivity index (χ2v) is 8.37. The average molecular weight is 414 g/mol. The maximum Gasteiger partial charge on any atom is 0.226 e. The molecule has 1 aliphatic heterocycles. The predicted octanol–water partition coefficient (Wildman–Crippen LogP) is 3.97. The van der Waals surface area contributed by atoms with Crippen molar-refractivity contribution in [2.75, 3.05) is 19.6 Å². The molecule has 1 saturated heterocycles. The molecule has 0 aromatic heterocycles. The topological polar surface area (TPSA) is 32.3 Å². The summed E-state index contributed by atoms with van der Waals surface area (Å²) in [7, 11) is 0. The Hall–Kier alpha value is -0.580. The Labute approximate surface area is 159 Å². The molecule has 1 aromatic carbocycles. The van der Waals surface area contributed by atoms with Gasteiger partial charge in [0.15, 0.2) is 0 Å². The number of rotatable bonds is 5. The van der Waals surface area contributed by atoms with E-state index in [0.717, 1.165) is 42.7 Å². The van der Waals surface area contributed by atoms with Crippen molar-refractivity contribution in [1.82, 2.24) is 10.2 Å². The molecule has 0 radical (unpaired) electrons. The number of piperidine rings is 1. The molecule has 24 heavy (non-hydrogen) atoms. The molecule has 1 aromatic rings. The van der Waals surface area contributed by atoms with Crippen LogP contribution in [-0.4, -0.2) is 36.5 Å². The number of halogens is 2. The summed E-state index contributed by atoms with van der Waals surface area (Å²) in [6, 6.07) is 9.04. The smallest absolute Gasteiger partial charge is 0.226 e. The van der Waals surface area contributed by atoms with Gasteiger partial charge >= 0.3 is 0 Å². The van der Waals surface area contributed by atoms with Crippen LogP contribution < -0.4 is 5.32 Å². The maximum atomic E-state index is 12.7. The number of nitrogens with zero attached hydrogens (tertiary/aromatic N) is 1. The van der Waals surface area contributed by atoms with Crippen molar-refractivity contribution < 1.29 is 4.79 Å². The Bertz CT molecular complexity index is 584. The molecule has 0 spiro atoms. The third-order valence-corrected chi connectivity index (χ3v) is 6.08. The van der Waals surface area contributed by atoms with E-state index >= 15 is 0 Å². The van der Waals surface area contributed by atoms with E-state index in [1.807, 2.05) is 6.07 Å². The zero-order valence-corrected chi connectivity index (χ0v) is 16.3. The average Bonchev–Trinajstić information content (AvgIpc) is 3.47. The molecular weight excluding hydrogens is 388 g/mol. The Balaban J connectivity index is 0.00000169. The quantitative estimate of drug-likeness (QED) is 0.792. The number of hydrogen-bond acceptors (Lipinski definition) is 2. The molecule has 132 valence electrons. The van der Waals surface area contributed by atoms with Crippen LogP contribution in [-0.2, 0) is 4.79 Å². The number of benzene rings is 1. The van der Waals surface area contributed by atoms with E-state index in [9.17, 15) is 4.79 Å². The van der Waals surface area contributed by atoms with Crippen LogP contribution in [0.2, 0.25) is 0 Å². The van der Waals surface area contributed by atoms with E-state index in [1.54, 1.807) is 0 Å². The Kier molecular flexibility index (Phi) is 5.89. The molecule has 3 nitrogen and oxygen atoms in total. The van der Waals surface area contributed by atoms with Crippen molar-refractivity contribution in [1.29, 1.82) is 0 Å². The fraction of sp³-hybridized carbons (Fsp3) is 0.632. The largest absolute Gasteiger partial charge is 0.342 e. The van der Waals surface area contributed by atoms with E-state index < -0.39 is 0 Å². The maximum absolute atomic E-state index is 12.7. The number of amides is 1. The monoisotopic (exact) mass is 412 g/mol. The first kappa shape index (κ1) is 18.2. The highest BCUT2D eigenvalue weighted by Crippen LogP contribution is 2.49. The van der Waals surface area contributed by atoms with Crippen molar-refractivity contribution >= 4 is 34.2 Å². The van der Waals surface area contributed by atoms with Gasteiger partial charge < -0.3 is 10.2 Å². The minimum atomic E-state index is 0. The fourth-order valence-corrected chi connectivity index (χ4v) is 4.18. The summed E-state index contributed by atoms with van der Waals surface area (Å²) in [6.45, 7) is 3.05. The summed E-state index contributed by atoms with van der Waals surface area (Å²) in [5, 5.41) is 3.69. The van der Waals surface area contributed by atoms with Crippen LogP contribution in [0, 0.1) is 11.8 Å². The molecule has 4 rings (SSSR count). The van der Waals surface area contributed by atoms with Gasteiger partial charge in [0.1, 0.15) is 0 Å². The van der Waals surface area contributed by atoms with Crippen molar-refractivity contribution in [3.63, 3.8) is 0 Å². The summed E-state index contributed by atoms with van der Waals surface area (Å²) in [6.07, 6.45) is 6.07. The summed E-state index contributed by atoms with van der Waals surface area (Å²) >= 11 is 3.53. The van der Waals surface area contributed by atoms with Gasteiger partial charge in [0.2, 0.25) is 5.91 Å². The first-order chi connectivity index (χ1) is 11.2. The Morgan fingerprint density at radius 2 is 1.96 bits per heavy atom. The SMILES string of the molecule is Cl.O=C(C1CC1c1cccc(Br)c1)N1CCC(NCC2CC2)CC1. The normalized spacial score (nSPS) is 26.8. The van der Waals surface area contributed by atoms with Gasteiger partial charge in [-0.25, -0.2) is 0 Å². The molecule has 2 aliphatic carbocycles. The lowest BCUT2D eigenvalue weighted by atomic mass is 10.0. The standard InChI is InChI=1S/C19H25BrN2O.ClH/c20-15-3-1-2-14(10-15)17-11-18(17)19(23)22-8-6-16(7-9-22)21-12-13-4-5-13;/h1-3,10,13,16-18,21H,4-9,11-12H2;1H. The minimum Gasteiger partial charge on any atom is -0.342 e. The Morgan fingerprint density at radius 3 is 2.62 bits per heavy atom. The van der Waals surface area contributed by atoms with Crippen LogP contribution >= 0.6 is 28.3 Å². The predicted molar refractivity (Wildman–Crippen MR) is 103 cm³/mol. The van der Waals surface area contributed by atoms with Crippen LogP contribution in [0.4, 0.5) is 0 Å². The number of nitrogens with one attached hydrogen (secondary N) is 1. The van der Waals surface area contributed by atoms with Crippen LogP contribution in [0.5, 0.6) is 0 Å². The highest BCUT2D eigenvalue weighted by molar-refractivity contribution is 9.10. The third kappa shape index (κ3) is 4.33. The molecule has 2 atom stereocenters. The van der Waals surface area contributed by atoms with Gasteiger partial charge in [-0.15, -0.1) is 12.4 Å². The van der Waals surface area contributed by atoms with E-state index in [2.05, 4.69) is 44.3 Å². The molecule has 1 amide bonds. The summed E-state index contributed by atoms with van der Waals surface area (Å²) in [5.41, 5.74) is 1.30. The molecule has 5 heteroatoms. The van der Waals surface area contributed by atoms with Gasteiger partial charge in [0.05, 0.1) is 0 Å². The van der Waals surface area contributed by atoms with E-state index in [4.69, 9.17) is 0 Å². The highest BCUT2D eigenvalue weighted by atomic mass is 79.9. The number of hydrogen-bond donors (Lipinski definition) is 1. The van der Waals surface area contributed by atoms with E-state index in [1.165, 1.54) is 24.9 Å². The van der Waals surface area contributed by atoms with Crippen molar-refractivity contribution in [3.05, 3.63) is 34.3 Å². The highest BCUT2D eigenvalue weighted by Gasteiger charge is 2.46. The van der Waals surface area contributed by atoms with Crippen molar-refractivity contribution in [3.8, 4) is 0 Å². The summed E-state index contributed by atoms with van der Waals surface area (Å²) in [5.74, 6) is 1.98. The number of carbonyl (C=O) groups is 1. The van der Waals surface area contributed by atoms with Crippen molar-refractivity contribution in [2.24, 2.45) is 11.8 Å². The third-order valence-electron chi connectivity index (χ3n) is 5.58. The first-order valence-corrected chi connectivity index (χ1v) is 9.77. The fourth-order valence-electron chi connectivity index (χ4n) is 3.77. The Morgan fingerprint density at radius 1 is 1.21 bits per heavy atom. The molecule has 2 unspecified atom stereocenters. The second-order valence-electron chi connectivity index (χ2n) is 7.45. The first-order valence-electron chi connectivity index (χ1n) is 8.98. The van der Waals surface area contributed by atoms with Gasteiger partial charge in [-0.3, -0.25) is 4.79 Å². The van der Waals surface area contributed by atoms with Gasteiger partial charge in [-0.1, -0.05) is 28.1 Å². The van der Waals surface area contributed by atoms with Crippen LogP contribution in [0.25, 0.3) is 0 Å². The second kappa shape index (κ2) is 7.76. The zero-order chi connectivity index (χ0) is 15.8. The van der Waals surface area contributed by atoms with Gasteiger partial charge in [-0.2, -0.15) is 0 Å². The van der Waals surface area contributed by atoms with Crippen LogP contribution in [0.3, 0.4) is 0 Å². The zero-order valence-electron chi connectivity index (χ0n) is 13.9. The summed E-state index contributed by atoms with van der Waals surface area (Å²) < 4.78 is 1.11. The molecule has 3 fully saturated rings. The number of carbonyl (C=O) groups excluding carboxylic acids is 1. The number of likely N-dealkylation sites (tertiary alicyclic amines) is 1. The molecular formula is C19H26BrClN2O. The molecule has 0 bridgehead atoms. The molecule has 1 heterocycles.